The van der Waals surface area contributed by atoms with Crippen LogP contribution in [0, 0.1) is 49.4 Å². The van der Waals surface area contributed by atoms with Crippen molar-refractivity contribution >= 4 is 0 Å². The molecule has 17 rings (SSSR count). The molecule has 0 saturated heterocycles. The Bertz CT molecular complexity index is 6400. The molecule has 110 heavy (non-hydrogen) atoms. The molecule has 1 nitrogen and oxygen atoms in total. The molecule has 0 radical (unpaired) electrons. The molecule has 0 aliphatic rings. The molecule has 0 fully saturated rings. The van der Waals surface area contributed by atoms with Gasteiger partial charge in [0.15, 0.2) is 0 Å². The fourth-order valence-electron chi connectivity index (χ4n) is 15.7. The molecule has 0 saturated carbocycles. The van der Waals surface area contributed by atoms with Gasteiger partial charge in [-0.05, 0) is 252 Å². The predicted octanol–water partition coefficient (Wildman–Crippen LogP) is 27.7. The number of rotatable bonds is 16. The van der Waals surface area contributed by atoms with Gasteiger partial charge in [0.25, 0.3) is 0 Å². The lowest BCUT2D eigenvalue weighted by Crippen LogP contribution is -2.00. The second kappa shape index (κ2) is 30.5. The SMILES string of the molecule is C#Cc1ccc(-c2c(-c3ccccc3)cc(-c3ccc(-c4c(-c5ccccc5)cc(-c5cccc(-c6ccccn6)c5)c(-c5ccccc5)c4-c4ccc(-c5cc(-c6ccccc6)c(-c6ccc(C#C)cc6)c(-c6ccc(C#C)cc6)c5-c5ccccc5)cc4)cc3)c(-c3ccccc3)c2-c2ccc(C#C)cc2)cc1. The number of hydrogen-bond donors (Lipinski definition) is 0. The minimum atomic E-state index is 0.803. The lowest BCUT2D eigenvalue weighted by Gasteiger charge is -2.26. The van der Waals surface area contributed by atoms with E-state index in [-0.39, 0.29) is 0 Å². The van der Waals surface area contributed by atoms with Crippen molar-refractivity contribution in [1.29, 1.82) is 0 Å². The van der Waals surface area contributed by atoms with Crippen LogP contribution in [-0.4, -0.2) is 4.98 Å². The van der Waals surface area contributed by atoms with Gasteiger partial charge in [0.05, 0.1) is 5.69 Å². The molecule has 0 spiro atoms. The summed E-state index contributed by atoms with van der Waals surface area (Å²) in [4.78, 5) is 4.88. The molecule has 0 unspecified atom stereocenters. The number of benzene rings is 16. The van der Waals surface area contributed by atoms with Gasteiger partial charge in [0, 0.05) is 34.0 Å². The smallest absolute Gasteiger partial charge is 0.0702 e. The maximum atomic E-state index is 6.10. The van der Waals surface area contributed by atoms with E-state index < -0.39 is 0 Å². The Kier molecular flexibility index (Phi) is 18.9. The van der Waals surface area contributed by atoms with Crippen LogP contribution in [0.3, 0.4) is 0 Å². The van der Waals surface area contributed by atoms with Crippen LogP contribution < -0.4 is 0 Å². The van der Waals surface area contributed by atoms with E-state index in [1.165, 1.54) is 0 Å². The van der Waals surface area contributed by atoms with Crippen molar-refractivity contribution in [2.45, 2.75) is 0 Å². The first-order valence-corrected chi connectivity index (χ1v) is 36.9. The number of terminal acetylenes is 4. The van der Waals surface area contributed by atoms with Crippen molar-refractivity contribution < 1.29 is 0 Å². The minimum Gasteiger partial charge on any atom is -0.256 e. The topological polar surface area (TPSA) is 12.9 Å². The van der Waals surface area contributed by atoms with Gasteiger partial charge < -0.3 is 0 Å². The molecule has 16 aromatic carbocycles. The van der Waals surface area contributed by atoms with E-state index in [0.29, 0.717) is 0 Å². The third-order valence-corrected chi connectivity index (χ3v) is 20.9. The zero-order chi connectivity index (χ0) is 74.3. The lowest BCUT2D eigenvalue weighted by molar-refractivity contribution is 1.33. The van der Waals surface area contributed by atoms with Crippen LogP contribution in [0.15, 0.2) is 394 Å². The highest BCUT2D eigenvalue weighted by atomic mass is 14.7. The first kappa shape index (κ1) is 68.0. The molecular weight excluding hydrogens is 1320 g/mol. The van der Waals surface area contributed by atoms with Crippen molar-refractivity contribution in [3.63, 3.8) is 0 Å². The van der Waals surface area contributed by atoms with Gasteiger partial charge in [-0.1, -0.05) is 327 Å². The number of hydrogen-bond acceptors (Lipinski definition) is 1. The Morgan fingerprint density at radius 2 is 0.355 bits per heavy atom. The first-order valence-electron chi connectivity index (χ1n) is 36.9. The second-order valence-electron chi connectivity index (χ2n) is 27.3. The van der Waals surface area contributed by atoms with Crippen LogP contribution in [0.5, 0.6) is 0 Å². The molecule has 0 atom stereocenters. The molecule has 0 N–H and O–H groups in total. The third kappa shape index (κ3) is 13.3. The fourth-order valence-corrected chi connectivity index (χ4v) is 15.7. The van der Waals surface area contributed by atoms with E-state index in [4.69, 9.17) is 30.7 Å². The average Bonchev–Trinajstić information content (AvgIpc) is 0.740. The molecule has 1 heteroatoms. The second-order valence-corrected chi connectivity index (χ2v) is 27.3. The van der Waals surface area contributed by atoms with Crippen LogP contribution in [0.25, 0.3) is 178 Å². The largest absolute Gasteiger partial charge is 0.256 e. The summed E-state index contributed by atoms with van der Waals surface area (Å²) in [6.45, 7) is 0. The van der Waals surface area contributed by atoms with Gasteiger partial charge in [0.1, 0.15) is 0 Å². The third-order valence-electron chi connectivity index (χ3n) is 20.9. The maximum Gasteiger partial charge on any atom is 0.0702 e. The number of aromatic nitrogens is 1. The Hall–Kier alpha value is -15.1. The lowest BCUT2D eigenvalue weighted by atomic mass is 9.77. The number of nitrogens with zero attached hydrogens (tertiary/aromatic N) is 1. The van der Waals surface area contributed by atoms with E-state index in [1.807, 2.05) is 60.8 Å². The Labute approximate surface area is 644 Å². The Morgan fingerprint density at radius 3 is 0.618 bits per heavy atom. The summed E-state index contributed by atoms with van der Waals surface area (Å²) < 4.78 is 0. The summed E-state index contributed by atoms with van der Waals surface area (Å²) in [5.74, 6) is 11.5. The van der Waals surface area contributed by atoms with Crippen LogP contribution in [0.4, 0.5) is 0 Å². The van der Waals surface area contributed by atoms with Gasteiger partial charge in [-0.2, -0.15) is 0 Å². The van der Waals surface area contributed by atoms with Gasteiger partial charge in [-0.3, -0.25) is 4.98 Å². The van der Waals surface area contributed by atoms with Gasteiger partial charge in [-0.15, -0.1) is 25.7 Å². The summed E-state index contributed by atoms with van der Waals surface area (Å²) in [5, 5.41) is 0. The molecule has 0 aliphatic heterocycles. The monoisotopic (exact) mass is 1390 g/mol. The summed E-state index contributed by atoms with van der Waals surface area (Å²) in [7, 11) is 0. The highest BCUT2D eigenvalue weighted by molar-refractivity contribution is 6.12. The molecule has 1 aromatic heterocycles. The van der Waals surface area contributed by atoms with Crippen molar-refractivity contribution in [3.8, 4) is 228 Å². The average molecular weight is 1390 g/mol. The zero-order valence-electron chi connectivity index (χ0n) is 60.3. The molecule has 1 heterocycles. The molecular formula is C109H69N. The quantitative estimate of drug-likeness (QED) is 0.0879. The Balaban J connectivity index is 0.953. The van der Waals surface area contributed by atoms with Crippen molar-refractivity contribution in [2.75, 3.05) is 0 Å². The molecule has 17 aromatic rings. The zero-order valence-corrected chi connectivity index (χ0v) is 60.3. The van der Waals surface area contributed by atoms with Crippen molar-refractivity contribution in [1.82, 2.24) is 4.98 Å². The molecule has 0 aliphatic carbocycles. The Morgan fingerprint density at radius 1 is 0.155 bits per heavy atom. The van der Waals surface area contributed by atoms with E-state index in [0.717, 1.165) is 200 Å². The van der Waals surface area contributed by atoms with Gasteiger partial charge in [-0.25, -0.2) is 0 Å². The van der Waals surface area contributed by atoms with E-state index in [2.05, 4.69) is 357 Å². The van der Waals surface area contributed by atoms with Gasteiger partial charge >= 0.3 is 0 Å². The summed E-state index contributed by atoms with van der Waals surface area (Å²) in [6, 6.07) is 139. The number of pyridine rings is 1. The maximum absolute atomic E-state index is 6.10. The molecule has 0 bridgehead atoms. The minimum absolute atomic E-state index is 0.803. The molecule has 0 amide bonds. The van der Waals surface area contributed by atoms with E-state index >= 15 is 0 Å². The fraction of sp³-hybridized carbons (Fsp3) is 0. The standard InChI is InChI=1S/C109H69N/c1-5-74-45-53-86(54-46-74)104-94(78-30-15-9-16-31-78)71-97(101(83-36-21-12-22-37-83)107(104)89-57-49-76(7-3)50-58-89)81-61-65-88(66-62-81)106-96(80-34-19-11-20-35-80)73-99(92-42-29-43-93(70-92)100-44-27-28-69-110-100)103(85-40-25-14-26-41-85)109(106)91-67-63-82(64-68-91)98-72-95(79-32-17-10-18-33-79)105(87-55-47-75(6-2)48-56-87)108(90-59-51-77(8-4)52-60-90)102(98)84-38-23-13-24-39-84/h1-4,9-73H. The van der Waals surface area contributed by atoms with Crippen molar-refractivity contribution in [3.05, 3.63) is 417 Å². The summed E-state index contributed by atoms with van der Waals surface area (Å²) in [5.41, 5.74) is 37.2. The van der Waals surface area contributed by atoms with Crippen LogP contribution in [0.2, 0.25) is 0 Å². The highest BCUT2D eigenvalue weighted by Gasteiger charge is 2.29. The summed E-state index contributed by atoms with van der Waals surface area (Å²) >= 11 is 0. The van der Waals surface area contributed by atoms with Crippen LogP contribution in [0.1, 0.15) is 22.3 Å². The van der Waals surface area contributed by atoms with E-state index in [1.54, 1.807) is 0 Å². The van der Waals surface area contributed by atoms with E-state index in [9.17, 15) is 0 Å². The molecule has 510 valence electrons. The first-order chi connectivity index (χ1) is 54.4. The van der Waals surface area contributed by atoms with Crippen LogP contribution >= 0.6 is 0 Å². The predicted molar refractivity (Wildman–Crippen MR) is 463 cm³/mol. The summed E-state index contributed by atoms with van der Waals surface area (Å²) in [6.07, 6.45) is 26.2. The van der Waals surface area contributed by atoms with Gasteiger partial charge in [0.2, 0.25) is 0 Å². The van der Waals surface area contributed by atoms with Crippen molar-refractivity contribution in [2.24, 2.45) is 0 Å². The van der Waals surface area contributed by atoms with Crippen LogP contribution in [-0.2, 0) is 0 Å². The normalized spacial score (nSPS) is 10.9. The highest BCUT2D eigenvalue weighted by Crippen LogP contribution is 2.56.